The van der Waals surface area contributed by atoms with Crippen molar-refractivity contribution in [3.05, 3.63) is 28.8 Å². The fourth-order valence-corrected chi connectivity index (χ4v) is 2.33. The maximum atomic E-state index is 12.0. The summed E-state index contributed by atoms with van der Waals surface area (Å²) in [5.74, 6) is 0.252. The second-order valence-corrected chi connectivity index (χ2v) is 6.08. The van der Waals surface area contributed by atoms with E-state index in [0.29, 0.717) is 10.8 Å². The van der Waals surface area contributed by atoms with Gasteiger partial charge in [0.1, 0.15) is 5.75 Å². The monoisotopic (exact) mass is 341 g/mol. The van der Waals surface area contributed by atoms with Crippen LogP contribution in [0.15, 0.2) is 18.2 Å². The summed E-state index contributed by atoms with van der Waals surface area (Å²) in [4.78, 5) is 0. The van der Waals surface area contributed by atoms with Crippen LogP contribution in [0.5, 0.6) is 5.75 Å². The van der Waals surface area contributed by atoms with Gasteiger partial charge in [0.05, 0.1) is 11.6 Å². The molecule has 0 spiro atoms. The van der Waals surface area contributed by atoms with Crippen molar-refractivity contribution in [2.45, 2.75) is 31.8 Å². The van der Waals surface area contributed by atoms with E-state index in [1.54, 1.807) is 12.1 Å². The molecule has 1 atom stereocenters. The van der Waals surface area contributed by atoms with Gasteiger partial charge in [0.25, 0.3) is 0 Å². The summed E-state index contributed by atoms with van der Waals surface area (Å²) >= 11 is 5.99. The van der Waals surface area contributed by atoms with Crippen LogP contribution in [0.2, 0.25) is 5.02 Å². The first-order valence-electron chi connectivity index (χ1n) is 6.69. The molecule has 1 rings (SSSR count). The van der Waals surface area contributed by atoms with Gasteiger partial charge in [0.2, 0.25) is 0 Å². The Morgan fingerprint density at radius 2 is 2.10 bits per heavy atom. The van der Waals surface area contributed by atoms with Gasteiger partial charge in [-0.2, -0.15) is 13.2 Å². The van der Waals surface area contributed by atoms with Gasteiger partial charge in [0.15, 0.2) is 0 Å². The molecule has 0 aromatic heterocycles. The number of ether oxygens (including phenoxy) is 1. The molecule has 0 saturated heterocycles. The molecule has 21 heavy (non-hydrogen) atoms. The lowest BCUT2D eigenvalue weighted by Gasteiger charge is -2.15. The zero-order valence-corrected chi connectivity index (χ0v) is 13.5. The first-order valence-corrected chi connectivity index (χ1v) is 8.06. The normalized spacial score (nSPS) is 13.2. The predicted molar refractivity (Wildman–Crippen MR) is 82.2 cm³/mol. The second-order valence-electron chi connectivity index (χ2n) is 4.51. The molecule has 0 amide bonds. The van der Waals surface area contributed by atoms with Crippen molar-refractivity contribution >= 4 is 23.4 Å². The second kappa shape index (κ2) is 8.76. The number of hydrogen-bond donors (Lipinski definition) is 1. The Bertz CT molecular complexity index is 443. The van der Waals surface area contributed by atoms with Crippen molar-refractivity contribution in [2.24, 2.45) is 0 Å². The molecule has 2 nitrogen and oxygen atoms in total. The van der Waals surface area contributed by atoms with Crippen LogP contribution < -0.4 is 10.1 Å². The third-order valence-electron chi connectivity index (χ3n) is 2.76. The molecule has 120 valence electrons. The van der Waals surface area contributed by atoms with E-state index in [0.717, 1.165) is 18.5 Å². The van der Waals surface area contributed by atoms with Gasteiger partial charge in [0, 0.05) is 11.8 Å². The molecule has 0 aliphatic rings. The van der Waals surface area contributed by atoms with Crippen molar-refractivity contribution in [3.63, 3.8) is 0 Å². The lowest BCUT2D eigenvalue weighted by molar-refractivity contribution is -0.0329. The Hall–Kier alpha value is -0.590. The number of benzene rings is 1. The van der Waals surface area contributed by atoms with E-state index in [9.17, 15) is 13.2 Å². The van der Waals surface area contributed by atoms with E-state index >= 15 is 0 Å². The summed E-state index contributed by atoms with van der Waals surface area (Å²) in [5, 5.41) is 3.75. The Kier molecular flexibility index (Phi) is 7.70. The third-order valence-corrected chi connectivity index (χ3v) is 3.76. The van der Waals surface area contributed by atoms with Gasteiger partial charge >= 0.3 is 5.51 Å². The van der Waals surface area contributed by atoms with Gasteiger partial charge < -0.3 is 10.1 Å². The molecule has 0 saturated carbocycles. The molecule has 7 heteroatoms. The van der Waals surface area contributed by atoms with Crippen LogP contribution in [0.1, 0.15) is 31.9 Å². The van der Waals surface area contributed by atoms with E-state index in [-0.39, 0.29) is 30.2 Å². The minimum absolute atomic E-state index is 0.0348. The van der Waals surface area contributed by atoms with Crippen LogP contribution >= 0.6 is 23.4 Å². The van der Waals surface area contributed by atoms with Crippen molar-refractivity contribution in [1.29, 1.82) is 0 Å². The summed E-state index contributed by atoms with van der Waals surface area (Å²) in [6.45, 7) is 4.99. The van der Waals surface area contributed by atoms with Gasteiger partial charge in [-0.3, -0.25) is 0 Å². The Morgan fingerprint density at radius 1 is 1.38 bits per heavy atom. The molecular weight excluding hydrogens is 323 g/mol. The van der Waals surface area contributed by atoms with Gasteiger partial charge in [-0.1, -0.05) is 24.6 Å². The summed E-state index contributed by atoms with van der Waals surface area (Å²) in [6, 6.07) is 5.50. The Labute approximate surface area is 132 Å². The topological polar surface area (TPSA) is 21.3 Å². The molecule has 0 fully saturated rings. The zero-order chi connectivity index (χ0) is 15.9. The number of nitrogens with one attached hydrogen (secondary N) is 1. The molecule has 0 aliphatic heterocycles. The molecule has 0 bridgehead atoms. The number of alkyl halides is 3. The lowest BCUT2D eigenvalue weighted by atomic mass is 10.1. The highest BCUT2D eigenvalue weighted by atomic mass is 35.5. The SMILES string of the molecule is CCCNC(C)c1ccc(OCCSC(F)(F)F)c(Cl)c1. The highest BCUT2D eigenvalue weighted by Crippen LogP contribution is 2.31. The largest absolute Gasteiger partial charge is 0.491 e. The predicted octanol–water partition coefficient (Wildman–Crippen LogP) is 5.03. The van der Waals surface area contributed by atoms with E-state index in [4.69, 9.17) is 16.3 Å². The van der Waals surface area contributed by atoms with Crippen LogP contribution in [0.3, 0.4) is 0 Å². The average Bonchev–Trinajstić information content (AvgIpc) is 2.41. The average molecular weight is 342 g/mol. The lowest BCUT2D eigenvalue weighted by Crippen LogP contribution is -2.19. The van der Waals surface area contributed by atoms with E-state index < -0.39 is 5.51 Å². The summed E-state index contributed by atoms with van der Waals surface area (Å²) < 4.78 is 41.2. The number of hydrogen-bond acceptors (Lipinski definition) is 3. The molecule has 1 unspecified atom stereocenters. The Morgan fingerprint density at radius 3 is 2.67 bits per heavy atom. The number of rotatable bonds is 8. The fourth-order valence-electron chi connectivity index (χ4n) is 1.69. The van der Waals surface area contributed by atoms with Crippen LogP contribution in [0.4, 0.5) is 13.2 Å². The molecule has 1 aromatic rings. The minimum Gasteiger partial charge on any atom is -0.491 e. The van der Waals surface area contributed by atoms with Crippen LogP contribution in [-0.4, -0.2) is 24.4 Å². The first-order chi connectivity index (χ1) is 9.83. The quantitative estimate of drug-likeness (QED) is 0.670. The number of thioether (sulfide) groups is 1. The molecule has 0 aliphatic carbocycles. The molecule has 0 heterocycles. The van der Waals surface area contributed by atoms with Crippen molar-refractivity contribution in [2.75, 3.05) is 18.9 Å². The highest BCUT2D eigenvalue weighted by Gasteiger charge is 2.27. The maximum absolute atomic E-state index is 12.0. The van der Waals surface area contributed by atoms with Gasteiger partial charge in [-0.15, -0.1) is 0 Å². The summed E-state index contributed by atoms with van der Waals surface area (Å²) in [6.07, 6.45) is 1.04. The molecular formula is C14H19ClF3NOS. The number of halogens is 4. The zero-order valence-electron chi connectivity index (χ0n) is 12.0. The minimum atomic E-state index is -4.22. The van der Waals surface area contributed by atoms with Gasteiger partial charge in [-0.25, -0.2) is 0 Å². The standard InChI is InChI=1S/C14H19ClF3NOS/c1-3-6-19-10(2)11-4-5-13(12(15)9-11)20-7-8-21-14(16,17)18/h4-5,9-10,19H,3,6-8H2,1-2H3. The Balaban J connectivity index is 2.50. The van der Waals surface area contributed by atoms with Crippen molar-refractivity contribution in [3.8, 4) is 5.75 Å². The smallest absolute Gasteiger partial charge is 0.441 e. The third kappa shape index (κ3) is 7.29. The summed E-state index contributed by atoms with van der Waals surface area (Å²) in [7, 11) is 0. The van der Waals surface area contributed by atoms with Crippen LogP contribution in [-0.2, 0) is 0 Å². The van der Waals surface area contributed by atoms with E-state index in [1.165, 1.54) is 0 Å². The van der Waals surface area contributed by atoms with Crippen LogP contribution in [0, 0.1) is 0 Å². The van der Waals surface area contributed by atoms with Crippen LogP contribution in [0.25, 0.3) is 0 Å². The molecule has 1 aromatic carbocycles. The summed E-state index contributed by atoms with van der Waals surface area (Å²) in [5.41, 5.74) is -3.21. The highest BCUT2D eigenvalue weighted by molar-refractivity contribution is 8.00. The first kappa shape index (κ1) is 18.5. The molecule has 1 N–H and O–H groups in total. The molecule has 0 radical (unpaired) electrons. The van der Waals surface area contributed by atoms with Crippen molar-refractivity contribution in [1.82, 2.24) is 5.32 Å². The fraction of sp³-hybridized carbons (Fsp3) is 0.571. The van der Waals surface area contributed by atoms with Gasteiger partial charge in [-0.05, 0) is 49.3 Å². The van der Waals surface area contributed by atoms with Crippen molar-refractivity contribution < 1.29 is 17.9 Å². The van der Waals surface area contributed by atoms with E-state index in [1.807, 2.05) is 13.0 Å². The maximum Gasteiger partial charge on any atom is 0.441 e. The van der Waals surface area contributed by atoms with E-state index in [2.05, 4.69) is 12.2 Å².